The largest absolute Gasteiger partial charge is 0.496 e. The van der Waals surface area contributed by atoms with Crippen LogP contribution in [0.15, 0.2) is 54.8 Å². The van der Waals surface area contributed by atoms with Crippen LogP contribution in [0.1, 0.15) is 27.2 Å². The maximum absolute atomic E-state index is 5.68. The molecule has 150 valence electrons. The molecule has 0 spiro atoms. The van der Waals surface area contributed by atoms with Crippen molar-refractivity contribution in [3.05, 3.63) is 54.8 Å². The molecule has 1 aromatic rings. The third-order valence-electron chi connectivity index (χ3n) is 4.08. The smallest absolute Gasteiger partial charge is 0.197 e. The predicted octanol–water partition coefficient (Wildman–Crippen LogP) is 5.13. The lowest BCUT2D eigenvalue weighted by Gasteiger charge is -2.16. The lowest BCUT2D eigenvalue weighted by Crippen LogP contribution is -2.16. The standard InChI is InChI=1S/C22H32O5/c1-8-16(2)17(3)9-10-18(4)27-19(5)25-11-12-26-22-14-20(23-6)13-21(15-22)24-7/h9-10,13-16,19H,3-4,8,11-12H2,1-2,5-7H3. The third-order valence-corrected chi connectivity index (χ3v) is 4.08. The van der Waals surface area contributed by atoms with E-state index in [2.05, 4.69) is 27.0 Å². The fourth-order valence-corrected chi connectivity index (χ4v) is 2.15. The Balaban J connectivity index is 2.35. The fourth-order valence-electron chi connectivity index (χ4n) is 2.15. The SMILES string of the molecule is C=C(C=CC(=C)C(C)CC)OC(C)OCCOc1cc(OC)cc(OC)c1. The minimum Gasteiger partial charge on any atom is -0.496 e. The van der Waals surface area contributed by atoms with Gasteiger partial charge in [-0.05, 0) is 25.3 Å². The Morgan fingerprint density at radius 3 is 2.11 bits per heavy atom. The van der Waals surface area contributed by atoms with Gasteiger partial charge in [0.2, 0.25) is 0 Å². The monoisotopic (exact) mass is 376 g/mol. The first-order chi connectivity index (χ1) is 12.9. The molecule has 0 aromatic heterocycles. The molecule has 1 rings (SSSR count). The van der Waals surface area contributed by atoms with Crippen LogP contribution in [0.4, 0.5) is 0 Å². The van der Waals surface area contributed by atoms with Crippen molar-refractivity contribution in [3.8, 4) is 17.2 Å². The number of hydrogen-bond acceptors (Lipinski definition) is 5. The summed E-state index contributed by atoms with van der Waals surface area (Å²) in [6.07, 6.45) is 4.37. The van der Waals surface area contributed by atoms with Crippen molar-refractivity contribution in [1.82, 2.24) is 0 Å². The Morgan fingerprint density at radius 1 is 0.963 bits per heavy atom. The van der Waals surface area contributed by atoms with Crippen molar-refractivity contribution < 1.29 is 23.7 Å². The van der Waals surface area contributed by atoms with Crippen LogP contribution in [0.3, 0.4) is 0 Å². The Kier molecular flexibility index (Phi) is 10.1. The van der Waals surface area contributed by atoms with Crippen LogP contribution < -0.4 is 14.2 Å². The maximum atomic E-state index is 5.68. The van der Waals surface area contributed by atoms with Gasteiger partial charge >= 0.3 is 0 Å². The number of rotatable bonds is 13. The van der Waals surface area contributed by atoms with Gasteiger partial charge in [-0.1, -0.05) is 38.7 Å². The molecule has 5 heteroatoms. The molecule has 1 aromatic carbocycles. The van der Waals surface area contributed by atoms with Crippen LogP contribution in [0.5, 0.6) is 17.2 Å². The molecule has 0 saturated heterocycles. The van der Waals surface area contributed by atoms with Gasteiger partial charge in [-0.2, -0.15) is 0 Å². The first-order valence-electron chi connectivity index (χ1n) is 9.09. The first-order valence-corrected chi connectivity index (χ1v) is 9.09. The summed E-state index contributed by atoms with van der Waals surface area (Å²) in [7, 11) is 3.19. The summed E-state index contributed by atoms with van der Waals surface area (Å²) in [6, 6.07) is 5.37. The molecule has 0 radical (unpaired) electrons. The zero-order chi connectivity index (χ0) is 20.2. The van der Waals surface area contributed by atoms with E-state index in [1.54, 1.807) is 32.4 Å². The van der Waals surface area contributed by atoms with Crippen molar-refractivity contribution in [2.24, 2.45) is 5.92 Å². The first kappa shape index (κ1) is 22.6. The highest BCUT2D eigenvalue weighted by Gasteiger charge is 2.06. The zero-order valence-corrected chi connectivity index (χ0v) is 17.1. The van der Waals surface area contributed by atoms with Gasteiger partial charge in [-0.25, -0.2) is 0 Å². The molecule has 0 aliphatic heterocycles. The molecule has 0 saturated carbocycles. The van der Waals surface area contributed by atoms with Crippen LogP contribution in [0.25, 0.3) is 0 Å². The molecule has 5 nitrogen and oxygen atoms in total. The predicted molar refractivity (Wildman–Crippen MR) is 108 cm³/mol. The number of allylic oxidation sites excluding steroid dienone is 3. The van der Waals surface area contributed by atoms with Crippen LogP contribution in [-0.2, 0) is 9.47 Å². The summed E-state index contributed by atoms with van der Waals surface area (Å²) in [5.41, 5.74) is 1.05. The lowest BCUT2D eigenvalue weighted by atomic mass is 10.00. The van der Waals surface area contributed by atoms with Gasteiger partial charge in [0.15, 0.2) is 6.29 Å². The van der Waals surface area contributed by atoms with Crippen LogP contribution in [-0.4, -0.2) is 33.7 Å². The van der Waals surface area contributed by atoms with E-state index < -0.39 is 6.29 Å². The van der Waals surface area contributed by atoms with E-state index in [1.807, 2.05) is 19.1 Å². The van der Waals surface area contributed by atoms with Crippen molar-refractivity contribution in [1.29, 1.82) is 0 Å². The molecule has 0 fully saturated rings. The molecule has 2 atom stereocenters. The fraction of sp³-hybridized carbons (Fsp3) is 0.455. The third kappa shape index (κ3) is 8.69. The topological polar surface area (TPSA) is 46.2 Å². The maximum Gasteiger partial charge on any atom is 0.197 e. The minimum absolute atomic E-state index is 0.372. The van der Waals surface area contributed by atoms with Crippen molar-refractivity contribution >= 4 is 0 Å². The minimum atomic E-state index is -0.428. The van der Waals surface area contributed by atoms with Crippen LogP contribution in [0.2, 0.25) is 0 Å². The van der Waals surface area contributed by atoms with E-state index >= 15 is 0 Å². The number of hydrogen-bond donors (Lipinski definition) is 0. The quantitative estimate of drug-likeness (QED) is 0.207. The van der Waals surface area contributed by atoms with Gasteiger partial charge in [0.05, 0.1) is 20.8 Å². The summed E-state index contributed by atoms with van der Waals surface area (Å²) in [6.45, 7) is 14.8. The molecule has 0 heterocycles. The molecule has 27 heavy (non-hydrogen) atoms. The Morgan fingerprint density at radius 2 is 1.56 bits per heavy atom. The molecular formula is C22H32O5. The van der Waals surface area contributed by atoms with Crippen molar-refractivity contribution in [2.75, 3.05) is 27.4 Å². The highest BCUT2D eigenvalue weighted by molar-refractivity contribution is 5.41. The normalized spacial score (nSPS) is 13.1. The molecule has 2 unspecified atom stereocenters. The average molecular weight is 376 g/mol. The zero-order valence-electron chi connectivity index (χ0n) is 17.1. The summed E-state index contributed by atoms with van der Waals surface area (Å²) >= 11 is 0. The second kappa shape index (κ2) is 12.1. The van der Waals surface area contributed by atoms with Crippen LogP contribution >= 0.6 is 0 Å². The number of ether oxygens (including phenoxy) is 5. The van der Waals surface area contributed by atoms with E-state index in [-0.39, 0.29) is 0 Å². The van der Waals surface area contributed by atoms with E-state index in [0.29, 0.717) is 42.1 Å². The summed E-state index contributed by atoms with van der Waals surface area (Å²) < 4.78 is 27.3. The highest BCUT2D eigenvalue weighted by atomic mass is 16.7. The lowest BCUT2D eigenvalue weighted by molar-refractivity contribution is -0.105. The summed E-state index contributed by atoms with van der Waals surface area (Å²) in [5, 5.41) is 0. The van der Waals surface area contributed by atoms with Gasteiger partial charge < -0.3 is 23.7 Å². The molecule has 0 N–H and O–H groups in total. The molecule has 0 aliphatic rings. The van der Waals surface area contributed by atoms with Gasteiger partial charge in [0.25, 0.3) is 0 Å². The van der Waals surface area contributed by atoms with Gasteiger partial charge in [-0.3, -0.25) is 0 Å². The molecule has 0 aliphatic carbocycles. The summed E-state index contributed by atoms with van der Waals surface area (Å²) in [4.78, 5) is 0. The van der Waals surface area contributed by atoms with E-state index in [9.17, 15) is 0 Å². The Hall–Kier alpha value is -2.40. The molecule has 0 amide bonds. The average Bonchev–Trinajstić information content (AvgIpc) is 2.68. The Bertz CT molecular complexity index is 613. The molecule has 0 bridgehead atoms. The number of methoxy groups -OCH3 is 2. The highest BCUT2D eigenvalue weighted by Crippen LogP contribution is 2.27. The van der Waals surface area contributed by atoms with Gasteiger partial charge in [-0.15, -0.1) is 0 Å². The second-order valence-corrected chi connectivity index (χ2v) is 6.14. The summed E-state index contributed by atoms with van der Waals surface area (Å²) in [5.74, 6) is 2.97. The second-order valence-electron chi connectivity index (χ2n) is 6.14. The van der Waals surface area contributed by atoms with E-state index in [0.717, 1.165) is 12.0 Å². The number of benzene rings is 1. The van der Waals surface area contributed by atoms with Crippen molar-refractivity contribution in [3.63, 3.8) is 0 Å². The Labute approximate surface area is 163 Å². The van der Waals surface area contributed by atoms with E-state index in [1.165, 1.54) is 0 Å². The molecular weight excluding hydrogens is 344 g/mol. The van der Waals surface area contributed by atoms with E-state index in [4.69, 9.17) is 23.7 Å². The van der Waals surface area contributed by atoms with Gasteiger partial charge in [0, 0.05) is 18.2 Å². The van der Waals surface area contributed by atoms with Crippen molar-refractivity contribution in [2.45, 2.75) is 33.5 Å². The van der Waals surface area contributed by atoms with Crippen LogP contribution in [0, 0.1) is 5.92 Å². The van der Waals surface area contributed by atoms with Gasteiger partial charge in [0.1, 0.15) is 29.6 Å².